The fraction of sp³-hybridized carbons (Fsp3) is 0.200. The topological polar surface area (TPSA) is 137 Å². The first-order valence-electron chi connectivity index (χ1n) is 7.83. The first-order chi connectivity index (χ1) is 13.0. The summed E-state index contributed by atoms with van der Waals surface area (Å²) in [4.78, 5) is 12.5. The Balaban J connectivity index is 1.82. The van der Waals surface area contributed by atoms with E-state index in [1.54, 1.807) is 18.2 Å². The Morgan fingerprint density at radius 3 is 2.93 bits per heavy atom. The quantitative estimate of drug-likeness (QED) is 0.471. The SMILES string of the molecule is CCCc1c(C(=O)NN=Cc2cccc(Cl)c2Cl)nnn1-c1nonc1N. The van der Waals surface area contributed by atoms with E-state index in [4.69, 9.17) is 28.9 Å². The summed E-state index contributed by atoms with van der Waals surface area (Å²) in [7, 11) is 0. The van der Waals surface area contributed by atoms with Crippen LogP contribution in [0.15, 0.2) is 27.9 Å². The van der Waals surface area contributed by atoms with Crippen LogP contribution in [-0.2, 0) is 6.42 Å². The number of halogens is 2. The van der Waals surface area contributed by atoms with Crippen molar-refractivity contribution in [3.05, 3.63) is 45.2 Å². The molecule has 0 radical (unpaired) electrons. The Bertz CT molecular complexity index is 998. The highest BCUT2D eigenvalue weighted by molar-refractivity contribution is 6.43. The Labute approximate surface area is 163 Å². The zero-order chi connectivity index (χ0) is 19.4. The lowest BCUT2D eigenvalue weighted by atomic mass is 10.2. The van der Waals surface area contributed by atoms with Crippen LogP contribution in [0.2, 0.25) is 10.0 Å². The number of nitrogens with zero attached hydrogens (tertiary/aromatic N) is 6. The first-order valence-corrected chi connectivity index (χ1v) is 8.59. The van der Waals surface area contributed by atoms with Crippen molar-refractivity contribution in [2.24, 2.45) is 5.10 Å². The third kappa shape index (κ3) is 3.91. The van der Waals surface area contributed by atoms with E-state index in [-0.39, 0.29) is 17.3 Å². The highest BCUT2D eigenvalue weighted by atomic mass is 35.5. The van der Waals surface area contributed by atoms with Gasteiger partial charge in [0.25, 0.3) is 5.91 Å². The second kappa shape index (κ2) is 8.14. The number of benzene rings is 1. The van der Waals surface area contributed by atoms with Crippen molar-refractivity contribution >= 4 is 41.1 Å². The molecule has 27 heavy (non-hydrogen) atoms. The van der Waals surface area contributed by atoms with Gasteiger partial charge in [0.1, 0.15) is 0 Å². The van der Waals surface area contributed by atoms with Crippen LogP contribution in [0.3, 0.4) is 0 Å². The molecular formula is C15H14Cl2N8O2. The number of anilines is 1. The molecule has 0 unspecified atom stereocenters. The minimum Gasteiger partial charge on any atom is -0.378 e. The van der Waals surface area contributed by atoms with Crippen LogP contribution in [0.1, 0.15) is 35.1 Å². The average molecular weight is 409 g/mol. The highest BCUT2D eigenvalue weighted by Crippen LogP contribution is 2.24. The molecular weight excluding hydrogens is 395 g/mol. The molecule has 0 spiro atoms. The van der Waals surface area contributed by atoms with Gasteiger partial charge in [-0.1, -0.05) is 53.9 Å². The molecule has 12 heteroatoms. The number of hydrogen-bond donors (Lipinski definition) is 2. The Hall–Kier alpha value is -2.98. The molecule has 10 nitrogen and oxygen atoms in total. The monoisotopic (exact) mass is 408 g/mol. The fourth-order valence-electron chi connectivity index (χ4n) is 2.28. The highest BCUT2D eigenvalue weighted by Gasteiger charge is 2.23. The summed E-state index contributed by atoms with van der Waals surface area (Å²) in [6.07, 6.45) is 2.63. The van der Waals surface area contributed by atoms with Gasteiger partial charge >= 0.3 is 0 Å². The van der Waals surface area contributed by atoms with Crippen LogP contribution >= 0.6 is 23.2 Å². The summed E-state index contributed by atoms with van der Waals surface area (Å²) >= 11 is 12.0. The van der Waals surface area contributed by atoms with Gasteiger partial charge in [-0.05, 0) is 22.8 Å². The lowest BCUT2D eigenvalue weighted by Crippen LogP contribution is -2.20. The molecule has 0 aliphatic heterocycles. The number of nitrogen functional groups attached to an aromatic ring is 1. The number of amides is 1. The third-order valence-corrected chi connectivity index (χ3v) is 4.35. The van der Waals surface area contributed by atoms with Crippen LogP contribution in [0.4, 0.5) is 5.82 Å². The molecule has 3 aromatic rings. The van der Waals surface area contributed by atoms with Crippen molar-refractivity contribution in [3.63, 3.8) is 0 Å². The fourth-order valence-corrected chi connectivity index (χ4v) is 2.64. The van der Waals surface area contributed by atoms with Crippen LogP contribution in [0.25, 0.3) is 5.82 Å². The van der Waals surface area contributed by atoms with Crippen molar-refractivity contribution in [3.8, 4) is 5.82 Å². The second-order valence-corrected chi connectivity index (χ2v) is 6.15. The van der Waals surface area contributed by atoms with E-state index in [9.17, 15) is 4.79 Å². The lowest BCUT2D eigenvalue weighted by Gasteiger charge is -2.04. The number of hydrazone groups is 1. The van der Waals surface area contributed by atoms with Crippen molar-refractivity contribution in [1.82, 2.24) is 30.7 Å². The molecule has 0 fully saturated rings. The largest absolute Gasteiger partial charge is 0.378 e. The third-order valence-electron chi connectivity index (χ3n) is 3.51. The number of carbonyl (C=O) groups excluding carboxylic acids is 1. The van der Waals surface area contributed by atoms with Crippen molar-refractivity contribution in [2.75, 3.05) is 5.73 Å². The van der Waals surface area contributed by atoms with E-state index in [2.05, 4.69) is 35.8 Å². The maximum absolute atomic E-state index is 12.5. The zero-order valence-corrected chi connectivity index (χ0v) is 15.6. The predicted molar refractivity (Wildman–Crippen MR) is 99.1 cm³/mol. The Morgan fingerprint density at radius 1 is 1.41 bits per heavy atom. The normalized spacial score (nSPS) is 11.2. The van der Waals surface area contributed by atoms with Gasteiger partial charge in [0.05, 0.1) is 22.0 Å². The van der Waals surface area contributed by atoms with Crippen molar-refractivity contribution in [2.45, 2.75) is 19.8 Å². The molecule has 0 bridgehead atoms. The van der Waals surface area contributed by atoms with Gasteiger partial charge in [0.15, 0.2) is 5.69 Å². The van der Waals surface area contributed by atoms with Gasteiger partial charge in [-0.3, -0.25) is 4.79 Å². The Kier molecular flexibility index (Phi) is 5.67. The summed E-state index contributed by atoms with van der Waals surface area (Å²) in [5.41, 5.74) is 9.24. The number of hydrogen-bond acceptors (Lipinski definition) is 8. The molecule has 2 aromatic heterocycles. The van der Waals surface area contributed by atoms with Gasteiger partial charge in [0.2, 0.25) is 11.6 Å². The van der Waals surface area contributed by atoms with Gasteiger partial charge in [0, 0.05) is 5.56 Å². The van der Waals surface area contributed by atoms with Gasteiger partial charge in [-0.2, -0.15) is 9.78 Å². The maximum Gasteiger partial charge on any atom is 0.293 e. The van der Waals surface area contributed by atoms with Gasteiger partial charge in [-0.25, -0.2) is 10.1 Å². The summed E-state index contributed by atoms with van der Waals surface area (Å²) < 4.78 is 5.90. The molecule has 0 aliphatic rings. The van der Waals surface area contributed by atoms with E-state index in [0.29, 0.717) is 27.7 Å². The number of carbonyl (C=O) groups is 1. The van der Waals surface area contributed by atoms with Crippen LogP contribution in [-0.4, -0.2) is 37.4 Å². The molecule has 0 saturated carbocycles. The summed E-state index contributed by atoms with van der Waals surface area (Å²) in [5.74, 6) is -0.342. The molecule has 0 aliphatic carbocycles. The number of rotatable bonds is 6. The summed E-state index contributed by atoms with van der Waals surface area (Å²) in [6.45, 7) is 1.95. The van der Waals surface area contributed by atoms with E-state index >= 15 is 0 Å². The number of nitrogens with one attached hydrogen (secondary N) is 1. The maximum atomic E-state index is 12.5. The van der Waals surface area contributed by atoms with Crippen LogP contribution < -0.4 is 11.2 Å². The second-order valence-electron chi connectivity index (χ2n) is 5.36. The van der Waals surface area contributed by atoms with Gasteiger partial charge in [-0.15, -0.1) is 5.10 Å². The molecule has 140 valence electrons. The van der Waals surface area contributed by atoms with E-state index in [0.717, 1.165) is 6.42 Å². The molecule has 0 saturated heterocycles. The smallest absolute Gasteiger partial charge is 0.293 e. The molecule has 3 N–H and O–H groups in total. The molecule has 0 atom stereocenters. The van der Waals surface area contributed by atoms with Crippen LogP contribution in [0.5, 0.6) is 0 Å². The number of nitrogens with two attached hydrogens (primary N) is 1. The van der Waals surface area contributed by atoms with Gasteiger partial charge < -0.3 is 5.73 Å². The van der Waals surface area contributed by atoms with E-state index in [1.807, 2.05) is 6.92 Å². The van der Waals surface area contributed by atoms with E-state index in [1.165, 1.54) is 10.9 Å². The minimum atomic E-state index is -0.547. The van der Waals surface area contributed by atoms with Crippen molar-refractivity contribution < 1.29 is 9.42 Å². The Morgan fingerprint density at radius 2 is 2.22 bits per heavy atom. The first kappa shape index (κ1) is 18.8. The summed E-state index contributed by atoms with van der Waals surface area (Å²) in [5, 5.41) is 19.6. The van der Waals surface area contributed by atoms with Crippen molar-refractivity contribution in [1.29, 1.82) is 0 Å². The minimum absolute atomic E-state index is 0.0397. The van der Waals surface area contributed by atoms with E-state index < -0.39 is 5.91 Å². The number of aromatic nitrogens is 5. The summed E-state index contributed by atoms with van der Waals surface area (Å²) in [6, 6.07) is 5.08. The molecule has 1 aromatic carbocycles. The zero-order valence-electron chi connectivity index (χ0n) is 14.1. The molecule has 3 rings (SSSR count). The van der Waals surface area contributed by atoms with Crippen LogP contribution in [0, 0.1) is 0 Å². The lowest BCUT2D eigenvalue weighted by molar-refractivity contribution is 0.0949. The molecule has 1 amide bonds. The predicted octanol–water partition coefficient (Wildman–Crippen LogP) is 2.26. The average Bonchev–Trinajstić information content (AvgIpc) is 3.25. The molecule has 2 heterocycles. The standard InChI is InChI=1S/C15H14Cl2N8O2/c1-2-4-10-12(20-24-25(10)14-13(18)22-27-23-14)15(26)21-19-7-8-5-3-6-9(16)11(8)17/h3,5-7H,2,4H2,1H3,(H2,18,22)(H,21,26).